The number of aromatic hydroxyl groups is 1. The predicted molar refractivity (Wildman–Crippen MR) is 56.4 cm³/mol. The smallest absolute Gasteiger partial charge is 0.334 e. The Labute approximate surface area is 92.3 Å². The molecule has 0 aliphatic carbocycles. The highest BCUT2D eigenvalue weighted by Gasteiger charge is 2.27. The highest BCUT2D eigenvalue weighted by atomic mass is 16.5. The lowest BCUT2D eigenvalue weighted by Gasteiger charge is -2.01. The van der Waals surface area contributed by atoms with Crippen molar-refractivity contribution in [2.75, 3.05) is 13.7 Å². The van der Waals surface area contributed by atoms with Crippen molar-refractivity contribution in [3.05, 3.63) is 29.8 Å². The van der Waals surface area contributed by atoms with Crippen LogP contribution in [0.3, 0.4) is 0 Å². The lowest BCUT2D eigenvalue weighted by atomic mass is 10.2. The van der Waals surface area contributed by atoms with Crippen LogP contribution < -0.4 is 0 Å². The van der Waals surface area contributed by atoms with E-state index in [1.807, 2.05) is 0 Å². The fourth-order valence-electron chi connectivity index (χ4n) is 1.43. The van der Waals surface area contributed by atoms with Crippen LogP contribution in [0.1, 0.15) is 5.56 Å². The summed E-state index contributed by atoms with van der Waals surface area (Å²) in [7, 11) is 1.31. The fraction of sp³-hybridized carbons (Fsp3) is 0.273. The van der Waals surface area contributed by atoms with Crippen molar-refractivity contribution in [2.45, 2.75) is 6.04 Å². The van der Waals surface area contributed by atoms with Gasteiger partial charge in [0.05, 0.1) is 7.11 Å². The number of phenolic OH excluding ortho intramolecular Hbond substituents is 1. The lowest BCUT2D eigenvalue weighted by molar-refractivity contribution is -0.142. The van der Waals surface area contributed by atoms with Crippen LogP contribution in [0.15, 0.2) is 29.3 Å². The fourth-order valence-corrected chi connectivity index (χ4v) is 1.43. The zero-order chi connectivity index (χ0) is 11.5. The molecule has 5 nitrogen and oxygen atoms in total. The number of hydrogen-bond acceptors (Lipinski definition) is 5. The number of nitrogens with zero attached hydrogens (tertiary/aromatic N) is 1. The molecule has 0 amide bonds. The van der Waals surface area contributed by atoms with Gasteiger partial charge >= 0.3 is 5.97 Å². The van der Waals surface area contributed by atoms with E-state index in [2.05, 4.69) is 9.73 Å². The molecule has 0 radical (unpaired) electrons. The molecule has 1 aromatic rings. The van der Waals surface area contributed by atoms with Gasteiger partial charge in [0.15, 0.2) is 6.04 Å². The van der Waals surface area contributed by atoms with Crippen molar-refractivity contribution in [3.63, 3.8) is 0 Å². The van der Waals surface area contributed by atoms with Crippen LogP contribution >= 0.6 is 0 Å². The molecule has 1 heterocycles. The molecule has 0 saturated heterocycles. The third kappa shape index (κ3) is 1.98. The van der Waals surface area contributed by atoms with E-state index in [1.54, 1.807) is 18.2 Å². The Hall–Kier alpha value is -2.04. The van der Waals surface area contributed by atoms with Gasteiger partial charge in [0.2, 0.25) is 5.90 Å². The molecule has 2 rings (SSSR count). The maximum atomic E-state index is 11.2. The largest absolute Gasteiger partial charge is 0.508 e. The second kappa shape index (κ2) is 4.22. The van der Waals surface area contributed by atoms with Crippen LogP contribution in [0.25, 0.3) is 0 Å². The molecule has 1 aliphatic rings. The second-order valence-electron chi connectivity index (χ2n) is 3.33. The molecule has 1 N–H and O–H groups in total. The predicted octanol–water partition coefficient (Wildman–Crippen LogP) is 0.711. The minimum atomic E-state index is -0.609. The van der Waals surface area contributed by atoms with E-state index >= 15 is 0 Å². The van der Waals surface area contributed by atoms with E-state index in [-0.39, 0.29) is 12.4 Å². The van der Waals surface area contributed by atoms with Gasteiger partial charge < -0.3 is 14.6 Å². The number of aliphatic imine (C=N–C) groups is 1. The Balaban J connectivity index is 2.21. The minimum Gasteiger partial charge on any atom is -0.508 e. The first-order chi connectivity index (χ1) is 7.70. The van der Waals surface area contributed by atoms with Gasteiger partial charge in [0.1, 0.15) is 12.4 Å². The monoisotopic (exact) mass is 221 g/mol. The molecule has 1 aliphatic heterocycles. The summed E-state index contributed by atoms with van der Waals surface area (Å²) in [5.74, 6) is 0.0618. The van der Waals surface area contributed by atoms with Gasteiger partial charge in [0, 0.05) is 5.56 Å². The number of methoxy groups -OCH3 is 1. The number of phenols is 1. The van der Waals surface area contributed by atoms with Gasteiger partial charge in [-0.2, -0.15) is 0 Å². The molecule has 0 spiro atoms. The molecule has 1 atom stereocenters. The lowest BCUT2D eigenvalue weighted by Crippen LogP contribution is -2.21. The number of ether oxygens (including phenoxy) is 2. The van der Waals surface area contributed by atoms with Crippen molar-refractivity contribution in [1.29, 1.82) is 0 Å². The molecule has 16 heavy (non-hydrogen) atoms. The first kappa shape index (κ1) is 10.5. The maximum absolute atomic E-state index is 11.2. The third-order valence-corrected chi connectivity index (χ3v) is 2.22. The summed E-state index contributed by atoms with van der Waals surface area (Å²) < 4.78 is 9.83. The van der Waals surface area contributed by atoms with Crippen molar-refractivity contribution >= 4 is 11.9 Å². The molecule has 0 aromatic heterocycles. The zero-order valence-electron chi connectivity index (χ0n) is 8.71. The van der Waals surface area contributed by atoms with Gasteiger partial charge in [-0.25, -0.2) is 9.79 Å². The standard InChI is InChI=1S/C11H11NO4/c1-15-11(14)9-6-16-10(12-9)7-3-2-4-8(13)5-7/h2-5,9,13H,6H2,1H3/t9-/m1/s1. The van der Waals surface area contributed by atoms with Gasteiger partial charge in [0.25, 0.3) is 0 Å². The summed E-state index contributed by atoms with van der Waals surface area (Å²) in [4.78, 5) is 15.3. The number of esters is 1. The van der Waals surface area contributed by atoms with E-state index in [0.29, 0.717) is 11.5 Å². The molecule has 1 aromatic carbocycles. The molecule has 5 heteroatoms. The van der Waals surface area contributed by atoms with Crippen LogP contribution in [0, 0.1) is 0 Å². The van der Waals surface area contributed by atoms with Crippen LogP contribution in [0.2, 0.25) is 0 Å². The minimum absolute atomic E-state index is 0.130. The first-order valence-electron chi connectivity index (χ1n) is 4.78. The van der Waals surface area contributed by atoms with Crippen molar-refractivity contribution < 1.29 is 19.4 Å². The van der Waals surface area contributed by atoms with Crippen LogP contribution in [-0.2, 0) is 14.3 Å². The zero-order valence-corrected chi connectivity index (χ0v) is 8.71. The van der Waals surface area contributed by atoms with E-state index in [0.717, 1.165) is 0 Å². The van der Waals surface area contributed by atoms with Crippen molar-refractivity contribution in [3.8, 4) is 5.75 Å². The number of rotatable bonds is 2. The van der Waals surface area contributed by atoms with E-state index in [4.69, 9.17) is 4.74 Å². The molecular weight excluding hydrogens is 210 g/mol. The Bertz CT molecular complexity index is 441. The van der Waals surface area contributed by atoms with Crippen LogP contribution in [-0.4, -0.2) is 36.7 Å². The number of carbonyl (C=O) groups excluding carboxylic acids is 1. The number of hydrogen-bond donors (Lipinski definition) is 1. The Kier molecular flexibility index (Phi) is 2.76. The highest BCUT2D eigenvalue weighted by Crippen LogP contribution is 2.16. The second-order valence-corrected chi connectivity index (χ2v) is 3.33. The van der Waals surface area contributed by atoms with E-state index < -0.39 is 12.0 Å². The summed E-state index contributed by atoms with van der Waals surface area (Å²) in [6.07, 6.45) is 0. The van der Waals surface area contributed by atoms with Crippen LogP contribution in [0.4, 0.5) is 0 Å². The summed E-state index contributed by atoms with van der Waals surface area (Å²) in [5, 5.41) is 9.29. The first-order valence-corrected chi connectivity index (χ1v) is 4.78. The average molecular weight is 221 g/mol. The Morgan fingerprint density at radius 3 is 3.12 bits per heavy atom. The van der Waals surface area contributed by atoms with E-state index in [9.17, 15) is 9.90 Å². The van der Waals surface area contributed by atoms with Gasteiger partial charge in [-0.1, -0.05) is 6.07 Å². The Morgan fingerprint density at radius 2 is 2.44 bits per heavy atom. The average Bonchev–Trinajstić information content (AvgIpc) is 2.77. The Morgan fingerprint density at radius 1 is 1.62 bits per heavy atom. The van der Waals surface area contributed by atoms with Gasteiger partial charge in [-0.15, -0.1) is 0 Å². The topological polar surface area (TPSA) is 68.1 Å². The van der Waals surface area contributed by atoms with Gasteiger partial charge in [-0.05, 0) is 18.2 Å². The summed E-state index contributed by atoms with van der Waals surface area (Å²) >= 11 is 0. The quantitative estimate of drug-likeness (QED) is 0.747. The number of carbonyl (C=O) groups is 1. The van der Waals surface area contributed by atoms with Gasteiger partial charge in [-0.3, -0.25) is 0 Å². The molecule has 0 unspecified atom stereocenters. The SMILES string of the molecule is COC(=O)[C@H]1COC(c2cccc(O)c2)=N1. The summed E-state index contributed by atoms with van der Waals surface area (Å²) in [6.45, 7) is 0.178. The van der Waals surface area contributed by atoms with Crippen LogP contribution in [0.5, 0.6) is 5.75 Å². The van der Waals surface area contributed by atoms with Crippen molar-refractivity contribution in [2.24, 2.45) is 4.99 Å². The molecule has 0 fully saturated rings. The number of benzene rings is 1. The maximum Gasteiger partial charge on any atom is 0.334 e. The molecule has 0 saturated carbocycles. The highest BCUT2D eigenvalue weighted by molar-refractivity contribution is 5.97. The molecule has 84 valence electrons. The third-order valence-electron chi connectivity index (χ3n) is 2.22. The van der Waals surface area contributed by atoms with Crippen molar-refractivity contribution in [1.82, 2.24) is 0 Å². The summed E-state index contributed by atoms with van der Waals surface area (Å²) in [6, 6.07) is 5.90. The molecular formula is C11H11NO4. The normalized spacial score (nSPS) is 18.8. The molecule has 0 bridgehead atoms. The van der Waals surface area contributed by atoms with E-state index in [1.165, 1.54) is 13.2 Å². The summed E-state index contributed by atoms with van der Waals surface area (Å²) in [5.41, 5.74) is 0.645.